The highest BCUT2D eigenvalue weighted by atomic mass is 16.7. The maximum absolute atomic E-state index is 12.2. The zero-order valence-corrected chi connectivity index (χ0v) is 10.7. The van der Waals surface area contributed by atoms with E-state index in [-0.39, 0.29) is 24.8 Å². The van der Waals surface area contributed by atoms with E-state index in [1.165, 1.54) is 0 Å². The standard InChI is InChI=1S/C14H18O4/c1-3-6-12-14(18-12)13(15)10-7-4-5-8-11(10)17-9-16-2/h4-5,7-8,12,14H,3,6,9H2,1-2H3/t12-,14+/m0/s1. The van der Waals surface area contributed by atoms with Gasteiger partial charge in [-0.05, 0) is 18.6 Å². The van der Waals surface area contributed by atoms with Crippen molar-refractivity contribution >= 4 is 5.78 Å². The van der Waals surface area contributed by atoms with Crippen LogP contribution in [-0.4, -0.2) is 31.9 Å². The van der Waals surface area contributed by atoms with Crippen LogP contribution < -0.4 is 4.74 Å². The van der Waals surface area contributed by atoms with Crippen molar-refractivity contribution in [3.05, 3.63) is 29.8 Å². The minimum absolute atomic E-state index is 0.000142. The van der Waals surface area contributed by atoms with Crippen LogP contribution in [0.5, 0.6) is 5.75 Å². The quantitative estimate of drug-likeness (QED) is 0.423. The number of Topliss-reactive ketones (excluding diaryl/α,β-unsaturated/α-hetero) is 1. The SMILES string of the molecule is CCC[C@@H]1O[C@H]1C(=O)c1ccccc1OCOC. The first-order valence-electron chi connectivity index (χ1n) is 6.18. The number of hydrogen-bond donors (Lipinski definition) is 0. The van der Waals surface area contributed by atoms with Crippen LogP contribution in [0.15, 0.2) is 24.3 Å². The van der Waals surface area contributed by atoms with E-state index in [1.54, 1.807) is 19.2 Å². The maximum atomic E-state index is 12.2. The van der Waals surface area contributed by atoms with E-state index >= 15 is 0 Å². The predicted octanol–water partition coefficient (Wildman–Crippen LogP) is 2.42. The van der Waals surface area contributed by atoms with E-state index in [2.05, 4.69) is 6.92 Å². The minimum atomic E-state index is -0.294. The summed E-state index contributed by atoms with van der Waals surface area (Å²) in [5.41, 5.74) is 0.568. The Morgan fingerprint density at radius 1 is 1.39 bits per heavy atom. The molecule has 98 valence electrons. The Kier molecular flexibility index (Phi) is 4.33. The van der Waals surface area contributed by atoms with E-state index in [0.717, 1.165) is 12.8 Å². The Labute approximate surface area is 107 Å². The average Bonchev–Trinajstić information content (AvgIpc) is 3.16. The molecular formula is C14H18O4. The highest BCUT2D eigenvalue weighted by Crippen LogP contribution is 2.32. The number of para-hydroxylation sites is 1. The molecule has 1 heterocycles. The van der Waals surface area contributed by atoms with Crippen molar-refractivity contribution in [1.29, 1.82) is 0 Å². The van der Waals surface area contributed by atoms with Gasteiger partial charge < -0.3 is 14.2 Å². The van der Waals surface area contributed by atoms with Crippen LogP contribution in [-0.2, 0) is 9.47 Å². The summed E-state index contributed by atoms with van der Waals surface area (Å²) < 4.78 is 15.6. The van der Waals surface area contributed by atoms with Gasteiger partial charge in [-0.15, -0.1) is 0 Å². The fraction of sp³-hybridized carbons (Fsp3) is 0.500. The zero-order valence-electron chi connectivity index (χ0n) is 10.7. The molecule has 2 rings (SSSR count). The molecule has 0 aromatic heterocycles. The van der Waals surface area contributed by atoms with Gasteiger partial charge in [-0.2, -0.15) is 0 Å². The molecule has 0 aliphatic carbocycles. The smallest absolute Gasteiger partial charge is 0.197 e. The summed E-state index contributed by atoms with van der Waals surface area (Å²) in [5.74, 6) is 0.551. The Bertz CT molecular complexity index is 416. The van der Waals surface area contributed by atoms with Crippen molar-refractivity contribution < 1.29 is 19.0 Å². The summed E-state index contributed by atoms with van der Waals surface area (Å²) in [4.78, 5) is 12.2. The number of epoxide rings is 1. The summed E-state index contributed by atoms with van der Waals surface area (Å²) in [6.45, 7) is 2.22. The fourth-order valence-electron chi connectivity index (χ4n) is 1.95. The van der Waals surface area contributed by atoms with Gasteiger partial charge in [0.25, 0.3) is 0 Å². The number of benzene rings is 1. The first-order chi connectivity index (χ1) is 8.77. The van der Waals surface area contributed by atoms with Crippen molar-refractivity contribution in [2.24, 2.45) is 0 Å². The van der Waals surface area contributed by atoms with E-state index in [1.807, 2.05) is 12.1 Å². The molecule has 0 unspecified atom stereocenters. The average molecular weight is 250 g/mol. The lowest BCUT2D eigenvalue weighted by Gasteiger charge is -2.08. The van der Waals surface area contributed by atoms with Crippen LogP contribution in [0.25, 0.3) is 0 Å². The van der Waals surface area contributed by atoms with Gasteiger partial charge in [-0.3, -0.25) is 4.79 Å². The molecule has 1 saturated heterocycles. The number of hydrogen-bond acceptors (Lipinski definition) is 4. The first-order valence-corrected chi connectivity index (χ1v) is 6.18. The molecule has 0 saturated carbocycles. The van der Waals surface area contributed by atoms with E-state index in [9.17, 15) is 4.79 Å². The van der Waals surface area contributed by atoms with Gasteiger partial charge in [0.15, 0.2) is 12.6 Å². The lowest BCUT2D eigenvalue weighted by Crippen LogP contribution is -2.13. The van der Waals surface area contributed by atoms with Gasteiger partial charge in [0.05, 0.1) is 11.7 Å². The van der Waals surface area contributed by atoms with Gasteiger partial charge in [0, 0.05) is 7.11 Å². The summed E-state index contributed by atoms with van der Waals surface area (Å²) in [6.07, 6.45) is 1.74. The second kappa shape index (κ2) is 5.98. The Morgan fingerprint density at radius 3 is 2.89 bits per heavy atom. The predicted molar refractivity (Wildman–Crippen MR) is 66.8 cm³/mol. The molecule has 1 aliphatic heterocycles. The Balaban J connectivity index is 2.06. The van der Waals surface area contributed by atoms with Crippen molar-refractivity contribution in [3.63, 3.8) is 0 Å². The van der Waals surface area contributed by atoms with E-state index in [0.29, 0.717) is 11.3 Å². The Hall–Kier alpha value is -1.39. The van der Waals surface area contributed by atoms with Crippen LogP contribution in [0.3, 0.4) is 0 Å². The minimum Gasteiger partial charge on any atom is -0.467 e. The highest BCUT2D eigenvalue weighted by molar-refractivity contribution is 6.03. The van der Waals surface area contributed by atoms with Gasteiger partial charge in [0.1, 0.15) is 11.9 Å². The second-order valence-electron chi connectivity index (χ2n) is 4.30. The normalized spacial score (nSPS) is 21.7. The molecule has 1 aliphatic rings. The summed E-state index contributed by atoms with van der Waals surface area (Å²) >= 11 is 0. The van der Waals surface area contributed by atoms with Crippen LogP contribution in [0.4, 0.5) is 0 Å². The van der Waals surface area contributed by atoms with Gasteiger partial charge in [-0.25, -0.2) is 0 Å². The summed E-state index contributed by atoms with van der Waals surface area (Å²) in [7, 11) is 1.55. The number of methoxy groups -OCH3 is 1. The first kappa shape index (κ1) is 13.1. The molecule has 18 heavy (non-hydrogen) atoms. The summed E-state index contributed by atoms with van der Waals surface area (Å²) in [6, 6.07) is 7.19. The van der Waals surface area contributed by atoms with Crippen molar-refractivity contribution in [3.8, 4) is 5.75 Å². The van der Waals surface area contributed by atoms with Crippen LogP contribution >= 0.6 is 0 Å². The monoisotopic (exact) mass is 250 g/mol. The number of carbonyl (C=O) groups is 1. The second-order valence-corrected chi connectivity index (χ2v) is 4.30. The van der Waals surface area contributed by atoms with Gasteiger partial charge in [-0.1, -0.05) is 25.5 Å². The fourth-order valence-corrected chi connectivity index (χ4v) is 1.95. The largest absolute Gasteiger partial charge is 0.467 e. The molecule has 4 nitrogen and oxygen atoms in total. The van der Waals surface area contributed by atoms with E-state index < -0.39 is 0 Å². The zero-order chi connectivity index (χ0) is 13.0. The molecule has 4 heteroatoms. The van der Waals surface area contributed by atoms with E-state index in [4.69, 9.17) is 14.2 Å². The molecule has 0 spiro atoms. The van der Waals surface area contributed by atoms with Gasteiger partial charge in [0.2, 0.25) is 0 Å². The molecule has 0 bridgehead atoms. The third-order valence-corrected chi connectivity index (χ3v) is 2.90. The molecule has 0 radical (unpaired) electrons. The van der Waals surface area contributed by atoms with Crippen molar-refractivity contribution in [2.75, 3.05) is 13.9 Å². The molecule has 1 aromatic rings. The van der Waals surface area contributed by atoms with Gasteiger partial charge >= 0.3 is 0 Å². The maximum Gasteiger partial charge on any atom is 0.197 e. The number of ketones is 1. The third kappa shape index (κ3) is 2.89. The van der Waals surface area contributed by atoms with Crippen LogP contribution in [0.2, 0.25) is 0 Å². The molecule has 2 atom stereocenters. The molecule has 1 aromatic carbocycles. The molecule has 0 N–H and O–H groups in total. The van der Waals surface area contributed by atoms with Crippen LogP contribution in [0, 0.1) is 0 Å². The molecule has 1 fully saturated rings. The van der Waals surface area contributed by atoms with Crippen molar-refractivity contribution in [1.82, 2.24) is 0 Å². The number of rotatable bonds is 7. The van der Waals surface area contributed by atoms with Crippen LogP contribution in [0.1, 0.15) is 30.1 Å². The van der Waals surface area contributed by atoms with Crippen molar-refractivity contribution in [2.45, 2.75) is 32.0 Å². The lowest BCUT2D eigenvalue weighted by atomic mass is 10.0. The molecular weight excluding hydrogens is 232 g/mol. The topological polar surface area (TPSA) is 48.1 Å². The number of carbonyl (C=O) groups excluding carboxylic acids is 1. The lowest BCUT2D eigenvalue weighted by molar-refractivity contribution is 0.0501. The molecule has 0 amide bonds. The Morgan fingerprint density at radius 2 is 2.17 bits per heavy atom. The highest BCUT2D eigenvalue weighted by Gasteiger charge is 2.44. The third-order valence-electron chi connectivity index (χ3n) is 2.90. The number of ether oxygens (including phenoxy) is 3. The summed E-state index contributed by atoms with van der Waals surface area (Å²) in [5, 5.41) is 0.